The smallest absolute Gasteiger partial charge is 0.391 e. The van der Waals surface area contributed by atoms with E-state index in [4.69, 9.17) is 14.5 Å². The molecule has 3 aromatic rings. The monoisotopic (exact) mass is 483 g/mol. The highest BCUT2D eigenvalue weighted by Crippen LogP contribution is 2.42. The van der Waals surface area contributed by atoms with Crippen molar-refractivity contribution in [2.24, 2.45) is 0 Å². The molecule has 2 aromatic heterocycles. The van der Waals surface area contributed by atoms with Gasteiger partial charge >= 0.3 is 7.60 Å². The van der Waals surface area contributed by atoms with Gasteiger partial charge in [0.25, 0.3) is 10.0 Å². The number of benzene rings is 1. The van der Waals surface area contributed by atoms with Crippen molar-refractivity contribution >= 4 is 29.0 Å². The van der Waals surface area contributed by atoms with Crippen molar-refractivity contribution in [1.29, 1.82) is 5.26 Å². The number of halogens is 1. The summed E-state index contributed by atoms with van der Waals surface area (Å²) in [5, 5.41) is 8.70. The van der Waals surface area contributed by atoms with E-state index < -0.39 is 29.7 Å². The number of nitrogens with one attached hydrogen (secondary N) is 1. The zero-order valence-corrected chi connectivity index (χ0v) is 18.4. The molecule has 0 aliphatic carbocycles. The lowest BCUT2D eigenvalue weighted by molar-refractivity contribution is 0.377. The van der Waals surface area contributed by atoms with Crippen molar-refractivity contribution in [3.8, 4) is 28.1 Å². The minimum absolute atomic E-state index is 0.0808. The number of ether oxygens (including phenoxy) is 1. The molecule has 2 heterocycles. The number of aromatic nitrogens is 1. The first-order valence-electron chi connectivity index (χ1n) is 8.44. The van der Waals surface area contributed by atoms with Gasteiger partial charge in [-0.05, 0) is 30.3 Å². The van der Waals surface area contributed by atoms with Crippen molar-refractivity contribution in [3.63, 3.8) is 0 Å². The largest absolute Gasteiger partial charge is 0.481 e. The van der Waals surface area contributed by atoms with Gasteiger partial charge in [-0.2, -0.15) is 9.98 Å². The summed E-state index contributed by atoms with van der Waals surface area (Å²) in [6.07, 6.45) is 0.593. The molecule has 1 unspecified atom stereocenters. The molecule has 0 fully saturated rings. The lowest BCUT2D eigenvalue weighted by atomic mass is 10.2. The fourth-order valence-electron chi connectivity index (χ4n) is 2.34. The first-order chi connectivity index (χ1) is 14.6. The van der Waals surface area contributed by atoms with Crippen molar-refractivity contribution in [1.82, 2.24) is 9.71 Å². The van der Waals surface area contributed by atoms with Crippen LogP contribution in [0.5, 0.6) is 11.6 Å². The Balaban J connectivity index is 1.69. The van der Waals surface area contributed by atoms with E-state index in [-0.39, 0.29) is 15.5 Å². The van der Waals surface area contributed by atoms with Gasteiger partial charge in [0, 0.05) is 28.8 Å². The Labute approximate surface area is 181 Å². The number of nitrogens with zero attached hydrogens (tertiary/aromatic N) is 2. The summed E-state index contributed by atoms with van der Waals surface area (Å²) in [4.78, 5) is 14.6. The van der Waals surface area contributed by atoms with Crippen molar-refractivity contribution < 1.29 is 31.5 Å². The number of nitriles is 1. The third kappa shape index (κ3) is 5.66. The maximum Gasteiger partial charge on any atom is 0.391 e. The van der Waals surface area contributed by atoms with Crippen LogP contribution in [0.15, 0.2) is 52.9 Å². The minimum Gasteiger partial charge on any atom is -0.481 e. The predicted octanol–water partition coefficient (Wildman–Crippen LogP) is 3.33. The average molecular weight is 483 g/mol. The van der Waals surface area contributed by atoms with Crippen LogP contribution >= 0.6 is 18.9 Å². The van der Waals surface area contributed by atoms with E-state index in [9.17, 15) is 22.3 Å². The summed E-state index contributed by atoms with van der Waals surface area (Å²) < 4.78 is 62.6. The molecule has 0 radical (unpaired) electrons. The quantitative estimate of drug-likeness (QED) is 0.465. The van der Waals surface area contributed by atoms with Crippen LogP contribution in [0.2, 0.25) is 0 Å². The van der Waals surface area contributed by atoms with E-state index in [1.807, 2.05) is 4.72 Å². The Morgan fingerprint density at radius 3 is 2.68 bits per heavy atom. The molecule has 162 valence electrons. The van der Waals surface area contributed by atoms with Crippen molar-refractivity contribution in [3.05, 3.63) is 60.0 Å². The zero-order valence-electron chi connectivity index (χ0n) is 15.9. The van der Waals surface area contributed by atoms with E-state index in [0.29, 0.717) is 16.3 Å². The van der Waals surface area contributed by atoms with Gasteiger partial charge < -0.3 is 14.2 Å². The molecular weight excluding hydrogens is 468 g/mol. The summed E-state index contributed by atoms with van der Waals surface area (Å²) in [5.74, 6) is -0.831. The second-order valence-electron chi connectivity index (χ2n) is 6.00. The Morgan fingerprint density at radius 1 is 1.29 bits per heavy atom. The number of hydrogen-bond donors (Lipinski definition) is 2. The van der Waals surface area contributed by atoms with Crippen molar-refractivity contribution in [2.75, 3.05) is 13.4 Å². The van der Waals surface area contributed by atoms with Gasteiger partial charge in [-0.3, -0.25) is 0 Å². The summed E-state index contributed by atoms with van der Waals surface area (Å²) in [5.41, 5.74) is 0.410. The fraction of sp³-hybridized carbons (Fsp3) is 0.111. The zero-order chi connectivity index (χ0) is 22.6. The first-order valence-corrected chi connectivity index (χ1v) is 12.5. The number of rotatable bonds is 8. The first kappa shape index (κ1) is 22.9. The van der Waals surface area contributed by atoms with Gasteiger partial charge in [-0.15, -0.1) is 11.3 Å². The van der Waals surface area contributed by atoms with Gasteiger partial charge in [0.1, 0.15) is 28.1 Å². The fourth-order valence-corrected chi connectivity index (χ4v) is 6.19. The molecule has 2 N–H and O–H groups in total. The lowest BCUT2D eigenvalue weighted by Crippen LogP contribution is -2.25. The van der Waals surface area contributed by atoms with Gasteiger partial charge in [0.15, 0.2) is 0 Å². The second kappa shape index (κ2) is 9.13. The van der Waals surface area contributed by atoms with E-state index in [0.717, 1.165) is 29.5 Å². The van der Waals surface area contributed by atoms with Crippen LogP contribution in [0.3, 0.4) is 0 Å². The summed E-state index contributed by atoms with van der Waals surface area (Å²) >= 11 is 0.943. The number of pyridine rings is 1. The van der Waals surface area contributed by atoms with Crippen LogP contribution in [0, 0.1) is 17.1 Å². The maximum absolute atomic E-state index is 13.6. The van der Waals surface area contributed by atoms with Crippen LogP contribution in [0.25, 0.3) is 10.4 Å². The van der Waals surface area contributed by atoms with Crippen LogP contribution in [0.1, 0.15) is 5.56 Å². The normalized spacial score (nSPS) is 13.2. The van der Waals surface area contributed by atoms with E-state index in [2.05, 4.69) is 4.98 Å². The standard InChI is InChI=1S/C18H15FN3O6PS2/c1-27-17-6-3-13(10-21-17)16-5-7-18(30-16)31(25,26)22-11-29(23,24)28-14-4-2-12(9-20)15(19)8-14/h2-8,10,22H,11H2,1H3,(H,23,24). The molecular formula is C18H15FN3O6PS2. The molecule has 13 heteroatoms. The van der Waals surface area contributed by atoms with Crippen LogP contribution in [0.4, 0.5) is 4.39 Å². The number of hydrogen-bond acceptors (Lipinski definition) is 8. The molecule has 0 aliphatic heterocycles. The van der Waals surface area contributed by atoms with Crippen LogP contribution < -0.4 is 14.0 Å². The molecule has 3 rings (SSSR count). The summed E-state index contributed by atoms with van der Waals surface area (Å²) in [7, 11) is -7.13. The molecule has 0 saturated carbocycles. The molecule has 0 aliphatic rings. The molecule has 31 heavy (non-hydrogen) atoms. The van der Waals surface area contributed by atoms with Gasteiger partial charge in [0.2, 0.25) is 5.88 Å². The third-order valence-corrected chi connectivity index (χ3v) is 8.13. The number of thiophene rings is 1. The number of sulfonamides is 1. The summed E-state index contributed by atoms with van der Waals surface area (Å²) in [6, 6.07) is 10.9. The molecule has 0 spiro atoms. The molecule has 0 saturated heterocycles. The summed E-state index contributed by atoms with van der Waals surface area (Å²) in [6.45, 7) is 0. The minimum atomic E-state index is -4.49. The highest BCUT2D eigenvalue weighted by atomic mass is 32.2. The third-order valence-electron chi connectivity index (χ3n) is 3.84. The highest BCUT2D eigenvalue weighted by molar-refractivity contribution is 7.92. The van der Waals surface area contributed by atoms with Gasteiger partial charge in [-0.1, -0.05) is 0 Å². The lowest BCUT2D eigenvalue weighted by Gasteiger charge is -2.14. The Hall–Kier alpha value is -2.81. The topological polar surface area (TPSA) is 139 Å². The average Bonchev–Trinajstić information content (AvgIpc) is 3.24. The second-order valence-corrected chi connectivity index (χ2v) is 10.8. The van der Waals surface area contributed by atoms with Crippen LogP contribution in [-0.2, 0) is 14.6 Å². The molecule has 1 aromatic carbocycles. The van der Waals surface area contributed by atoms with Crippen LogP contribution in [-0.4, -0.2) is 31.7 Å². The Morgan fingerprint density at radius 2 is 2.06 bits per heavy atom. The van der Waals surface area contributed by atoms with E-state index >= 15 is 0 Å². The van der Waals surface area contributed by atoms with E-state index in [1.165, 1.54) is 19.4 Å². The van der Waals surface area contributed by atoms with Gasteiger partial charge in [-0.25, -0.2) is 22.4 Å². The Bertz CT molecular complexity index is 1290. The highest BCUT2D eigenvalue weighted by Gasteiger charge is 2.26. The SMILES string of the molecule is COc1ccc(-c2ccc(S(=O)(=O)NCP(=O)(O)Oc3ccc(C#N)c(F)c3)s2)cn1. The molecule has 0 bridgehead atoms. The molecule has 1 atom stereocenters. The Kier molecular flexibility index (Phi) is 6.74. The van der Waals surface area contributed by atoms with Crippen molar-refractivity contribution in [2.45, 2.75) is 4.21 Å². The number of methoxy groups -OCH3 is 1. The van der Waals surface area contributed by atoms with E-state index in [1.54, 1.807) is 24.3 Å². The molecule has 9 nitrogen and oxygen atoms in total. The van der Waals surface area contributed by atoms with Gasteiger partial charge in [0.05, 0.1) is 12.7 Å². The maximum atomic E-state index is 13.6. The predicted molar refractivity (Wildman–Crippen MR) is 111 cm³/mol. The molecule has 0 amide bonds.